The maximum atomic E-state index is 13.4. The Morgan fingerprint density at radius 3 is 2.73 bits per heavy atom. The van der Waals surface area contributed by atoms with Gasteiger partial charge in [-0.2, -0.15) is 0 Å². The van der Waals surface area contributed by atoms with Crippen LogP contribution in [0.1, 0.15) is 50.2 Å². The van der Waals surface area contributed by atoms with E-state index in [1.807, 2.05) is 20.8 Å². The van der Waals surface area contributed by atoms with E-state index in [-0.39, 0.29) is 0 Å². The summed E-state index contributed by atoms with van der Waals surface area (Å²) in [5.41, 5.74) is 1.08. The number of carbonyl (C=O) groups excluding carboxylic acids is 2. The summed E-state index contributed by atoms with van der Waals surface area (Å²) in [7, 11) is 0.587. The predicted molar refractivity (Wildman–Crippen MR) is 94.9 cm³/mol. The highest BCUT2D eigenvalue weighted by Crippen LogP contribution is 2.31. The van der Waals surface area contributed by atoms with Crippen molar-refractivity contribution in [3.63, 3.8) is 0 Å². The fourth-order valence-electron chi connectivity index (χ4n) is 2.62. The summed E-state index contributed by atoms with van der Waals surface area (Å²) in [6.45, 7) is 6.55. The van der Waals surface area contributed by atoms with Gasteiger partial charge in [0.05, 0.1) is 6.54 Å². The summed E-state index contributed by atoms with van der Waals surface area (Å²) in [6.07, 6.45) is 1.53. The molecule has 1 aliphatic rings. The van der Waals surface area contributed by atoms with Crippen LogP contribution in [0, 0.1) is 0 Å². The van der Waals surface area contributed by atoms with E-state index < -0.39 is 42.7 Å². The first-order valence-corrected chi connectivity index (χ1v) is 8.69. The van der Waals surface area contributed by atoms with Crippen LogP contribution in [0.4, 0.5) is 8.78 Å². The molecule has 2 heterocycles. The molecular formula is C17H25BF2N3O3. The molecule has 0 saturated carbocycles. The van der Waals surface area contributed by atoms with Gasteiger partial charge in [-0.15, -0.1) is 0 Å². The third-order valence-electron chi connectivity index (χ3n) is 3.92. The van der Waals surface area contributed by atoms with Gasteiger partial charge >= 0.3 is 7.48 Å². The Morgan fingerprint density at radius 2 is 2.15 bits per heavy atom. The minimum atomic E-state index is -3.05. The molecule has 0 spiro atoms. The second-order valence-electron chi connectivity index (χ2n) is 5.83. The van der Waals surface area contributed by atoms with Gasteiger partial charge in [0.1, 0.15) is 6.04 Å². The number of nitrogens with one attached hydrogen (secondary N) is 1. The smallest absolute Gasteiger partial charge is 0.312 e. The van der Waals surface area contributed by atoms with Crippen molar-refractivity contribution in [1.29, 1.82) is 0 Å². The average Bonchev–Trinajstić information content (AvgIpc) is 2.97. The van der Waals surface area contributed by atoms with Gasteiger partial charge in [-0.3, -0.25) is 14.6 Å². The van der Waals surface area contributed by atoms with Crippen LogP contribution in [0.25, 0.3) is 0 Å². The Labute approximate surface area is 153 Å². The predicted octanol–water partition coefficient (Wildman–Crippen LogP) is 1.59. The molecule has 2 N–H and O–H groups in total. The molecule has 0 aromatic carbocycles. The molecule has 1 fully saturated rings. The van der Waals surface area contributed by atoms with Crippen molar-refractivity contribution in [2.45, 2.75) is 58.4 Å². The summed E-state index contributed by atoms with van der Waals surface area (Å²) < 4.78 is 26.9. The number of aromatic nitrogens is 1. The van der Waals surface area contributed by atoms with Crippen LogP contribution in [-0.4, -0.2) is 58.7 Å². The molecule has 2 rings (SSSR count). The number of halogens is 2. The van der Waals surface area contributed by atoms with Crippen LogP contribution in [0.15, 0.2) is 18.3 Å². The third kappa shape index (κ3) is 5.49. The molecule has 143 valence electrons. The zero-order valence-corrected chi connectivity index (χ0v) is 15.5. The van der Waals surface area contributed by atoms with Crippen molar-refractivity contribution in [1.82, 2.24) is 15.2 Å². The molecule has 1 radical (unpaired) electrons. The van der Waals surface area contributed by atoms with E-state index in [0.29, 0.717) is 19.5 Å². The number of carbonyl (C=O) groups is 2. The van der Waals surface area contributed by atoms with Crippen LogP contribution in [0.5, 0.6) is 0 Å². The van der Waals surface area contributed by atoms with Crippen LogP contribution >= 0.6 is 0 Å². The van der Waals surface area contributed by atoms with Crippen molar-refractivity contribution >= 4 is 19.3 Å². The van der Waals surface area contributed by atoms with Crippen LogP contribution < -0.4 is 5.32 Å². The largest absolute Gasteiger partial charge is 0.452 e. The second kappa shape index (κ2) is 9.61. The topological polar surface area (TPSA) is 82.5 Å². The fraction of sp³-hybridized carbons (Fsp3) is 0.588. The summed E-state index contributed by atoms with van der Waals surface area (Å²) >= 11 is 0. The highest BCUT2D eigenvalue weighted by atomic mass is 19.3. The van der Waals surface area contributed by atoms with E-state index in [0.717, 1.165) is 10.6 Å². The summed E-state index contributed by atoms with van der Waals surface area (Å²) in [5, 5.41) is 11.6. The normalized spacial score (nSPS) is 19.2. The Kier molecular flexibility index (Phi) is 8.14. The lowest BCUT2D eigenvalue weighted by molar-refractivity contribution is -0.134. The van der Waals surface area contributed by atoms with Gasteiger partial charge in [0.15, 0.2) is 0 Å². The van der Waals surface area contributed by atoms with Gasteiger partial charge in [-0.25, -0.2) is 8.78 Å². The van der Waals surface area contributed by atoms with Crippen LogP contribution in [0.3, 0.4) is 0 Å². The molecule has 1 aliphatic heterocycles. The van der Waals surface area contributed by atoms with Crippen molar-refractivity contribution in [3.05, 3.63) is 29.6 Å². The lowest BCUT2D eigenvalue weighted by Gasteiger charge is -2.25. The first-order valence-electron chi connectivity index (χ1n) is 8.69. The number of hydrogen-bond acceptors (Lipinski definition) is 4. The van der Waals surface area contributed by atoms with Gasteiger partial charge < -0.3 is 15.2 Å². The average molecular weight is 368 g/mol. The molecule has 2 atom stereocenters. The van der Waals surface area contributed by atoms with Gasteiger partial charge in [0.25, 0.3) is 11.8 Å². The molecule has 2 unspecified atom stereocenters. The van der Waals surface area contributed by atoms with Crippen molar-refractivity contribution < 1.29 is 23.4 Å². The highest BCUT2D eigenvalue weighted by molar-refractivity contribution is 6.28. The van der Waals surface area contributed by atoms with Gasteiger partial charge in [0.2, 0.25) is 5.91 Å². The maximum Gasteiger partial charge on any atom is 0.312 e. The molecule has 0 aliphatic carbocycles. The zero-order chi connectivity index (χ0) is 19.9. The van der Waals surface area contributed by atoms with Gasteiger partial charge in [0, 0.05) is 29.8 Å². The van der Waals surface area contributed by atoms with Crippen molar-refractivity contribution in [3.8, 4) is 0 Å². The van der Waals surface area contributed by atoms with E-state index >= 15 is 0 Å². The Hall–Kier alpha value is -2.03. The van der Waals surface area contributed by atoms with Crippen LogP contribution in [-0.2, 0) is 11.2 Å². The lowest BCUT2D eigenvalue weighted by atomic mass is 9.85. The summed E-state index contributed by atoms with van der Waals surface area (Å²) in [5.74, 6) is -5.26. The highest BCUT2D eigenvalue weighted by Gasteiger charge is 2.47. The minimum absolute atomic E-state index is 0.346. The SMILES string of the molecule is CC.CCc1cc(C(=O)NC(C)C(=O)N2CC(F)(F)CC2[B]O)ccn1. The quantitative estimate of drug-likeness (QED) is 0.774. The number of likely N-dealkylation sites (tertiary alicyclic amines) is 1. The van der Waals surface area contributed by atoms with E-state index in [1.165, 1.54) is 19.2 Å². The first-order chi connectivity index (χ1) is 12.3. The van der Waals surface area contributed by atoms with Crippen molar-refractivity contribution in [2.75, 3.05) is 6.54 Å². The summed E-state index contributed by atoms with van der Waals surface area (Å²) in [6, 6.07) is 2.13. The molecule has 9 heteroatoms. The van der Waals surface area contributed by atoms with Gasteiger partial charge in [-0.05, 0) is 25.5 Å². The number of alkyl halides is 2. The van der Waals surface area contributed by atoms with Crippen molar-refractivity contribution in [2.24, 2.45) is 0 Å². The molecule has 26 heavy (non-hydrogen) atoms. The number of pyridine rings is 1. The van der Waals surface area contributed by atoms with Crippen LogP contribution in [0.2, 0.25) is 0 Å². The maximum absolute atomic E-state index is 13.4. The number of aryl methyl sites for hydroxylation is 1. The summed E-state index contributed by atoms with van der Waals surface area (Å²) in [4.78, 5) is 29.5. The monoisotopic (exact) mass is 368 g/mol. The lowest BCUT2D eigenvalue weighted by Crippen LogP contribution is -2.50. The molecule has 0 bridgehead atoms. The zero-order valence-electron chi connectivity index (χ0n) is 15.5. The Morgan fingerprint density at radius 1 is 1.50 bits per heavy atom. The number of hydrogen-bond donors (Lipinski definition) is 2. The molecule has 1 aromatic rings. The molecule has 1 aromatic heterocycles. The van der Waals surface area contributed by atoms with E-state index in [4.69, 9.17) is 5.02 Å². The Bertz CT molecular complexity index is 631. The number of nitrogens with zero attached hydrogens (tertiary/aromatic N) is 2. The second-order valence-corrected chi connectivity index (χ2v) is 5.83. The molecule has 6 nitrogen and oxygen atoms in total. The Balaban J connectivity index is 0.00000163. The molecule has 1 saturated heterocycles. The van der Waals surface area contributed by atoms with Gasteiger partial charge in [-0.1, -0.05) is 20.8 Å². The number of amides is 2. The third-order valence-corrected chi connectivity index (χ3v) is 3.92. The molecular weight excluding hydrogens is 343 g/mol. The van der Waals surface area contributed by atoms with E-state index in [1.54, 1.807) is 6.07 Å². The minimum Gasteiger partial charge on any atom is -0.452 e. The van der Waals surface area contributed by atoms with E-state index in [9.17, 15) is 18.4 Å². The fourth-order valence-corrected chi connectivity index (χ4v) is 2.62. The first kappa shape index (κ1) is 22.0. The standard InChI is InChI=1S/C15H19BF2N3O3.C2H6/c1-3-11-6-10(4-5-19-11)13(22)20-9(2)14(23)21-8-15(17,18)7-12(21)16-24;1-2/h4-6,9,12,24H,3,7-8H2,1-2H3,(H,20,22);1-2H3. The number of rotatable bonds is 5. The molecule has 2 amide bonds. The van der Waals surface area contributed by atoms with E-state index in [2.05, 4.69) is 10.3 Å².